The molecule has 0 spiro atoms. The van der Waals surface area contributed by atoms with Gasteiger partial charge in [-0.1, -0.05) is 42.8 Å². The van der Waals surface area contributed by atoms with E-state index in [1.807, 2.05) is 37.3 Å². The van der Waals surface area contributed by atoms with Crippen LogP contribution < -0.4 is 10.1 Å². The molecule has 3 nitrogen and oxygen atoms in total. The normalized spacial score (nSPS) is 27.1. The maximum absolute atomic E-state index is 12.5. The van der Waals surface area contributed by atoms with Gasteiger partial charge in [0.1, 0.15) is 5.75 Å². The van der Waals surface area contributed by atoms with Crippen LogP contribution in [0.4, 0.5) is 0 Å². The minimum atomic E-state index is -0.472. The number of rotatable bonds is 4. The summed E-state index contributed by atoms with van der Waals surface area (Å²) in [6.45, 7) is 1.84. The minimum Gasteiger partial charge on any atom is -0.480 e. The number of nitrogens with one attached hydrogen (secondary N) is 1. The summed E-state index contributed by atoms with van der Waals surface area (Å²) in [6, 6.07) is 14.4. The predicted molar refractivity (Wildman–Crippen MR) is 91.4 cm³/mol. The van der Waals surface area contributed by atoms with E-state index in [-0.39, 0.29) is 5.91 Å². The molecule has 23 heavy (non-hydrogen) atoms. The van der Waals surface area contributed by atoms with Gasteiger partial charge in [-0.3, -0.25) is 4.79 Å². The molecule has 2 fully saturated rings. The Balaban J connectivity index is 1.44. The van der Waals surface area contributed by atoms with Gasteiger partial charge in [-0.05, 0) is 49.5 Å². The fraction of sp³-hybridized carbons (Fsp3) is 0.450. The molecule has 0 radical (unpaired) electrons. The van der Waals surface area contributed by atoms with Crippen molar-refractivity contribution >= 4 is 16.7 Å². The van der Waals surface area contributed by atoms with E-state index in [1.165, 1.54) is 19.3 Å². The highest BCUT2D eigenvalue weighted by atomic mass is 16.5. The number of hydrogen-bond donors (Lipinski definition) is 1. The van der Waals surface area contributed by atoms with Crippen LogP contribution in [0.1, 0.15) is 32.6 Å². The molecule has 0 unspecified atom stereocenters. The van der Waals surface area contributed by atoms with Crippen molar-refractivity contribution in [3.8, 4) is 5.75 Å². The third-order valence-electron chi connectivity index (χ3n) is 5.49. The van der Waals surface area contributed by atoms with E-state index in [0.717, 1.165) is 28.9 Å². The van der Waals surface area contributed by atoms with Crippen molar-refractivity contribution < 1.29 is 9.53 Å². The van der Waals surface area contributed by atoms with Gasteiger partial charge >= 0.3 is 0 Å². The number of fused-ring (bicyclic) bond motifs is 3. The Labute approximate surface area is 137 Å². The Morgan fingerprint density at radius 3 is 2.74 bits per heavy atom. The molecule has 1 amide bonds. The molecule has 0 aromatic heterocycles. The van der Waals surface area contributed by atoms with Crippen molar-refractivity contribution in [3.63, 3.8) is 0 Å². The Bertz CT molecular complexity index is 721. The number of benzene rings is 2. The van der Waals surface area contributed by atoms with Crippen LogP contribution in [0.3, 0.4) is 0 Å². The predicted octanol–water partition coefficient (Wildman–Crippen LogP) is 3.91. The van der Waals surface area contributed by atoms with Crippen LogP contribution in [0.25, 0.3) is 10.8 Å². The summed E-state index contributed by atoms with van der Waals surface area (Å²) in [5.41, 5.74) is 0. The van der Waals surface area contributed by atoms with Crippen molar-refractivity contribution in [3.05, 3.63) is 42.5 Å². The number of amides is 1. The van der Waals surface area contributed by atoms with Crippen molar-refractivity contribution in [2.24, 2.45) is 11.8 Å². The van der Waals surface area contributed by atoms with Gasteiger partial charge in [0, 0.05) is 11.4 Å². The summed E-state index contributed by atoms with van der Waals surface area (Å²) < 4.78 is 5.97. The lowest BCUT2D eigenvalue weighted by molar-refractivity contribution is -0.128. The van der Waals surface area contributed by atoms with Crippen molar-refractivity contribution in [2.75, 3.05) is 0 Å². The largest absolute Gasteiger partial charge is 0.480 e. The molecule has 2 aromatic carbocycles. The maximum atomic E-state index is 12.5. The van der Waals surface area contributed by atoms with E-state index in [2.05, 4.69) is 17.4 Å². The Morgan fingerprint density at radius 1 is 1.13 bits per heavy atom. The standard InChI is InChI=1S/C20H23NO2/c1-13(20(22)21-18-12-14-9-10-16(18)11-14)23-19-8-4-6-15-5-2-3-7-17(15)19/h2-8,13-14,16,18H,9-12H2,1H3,(H,21,22)/t13-,14+,16+,18-/m0/s1. The smallest absolute Gasteiger partial charge is 0.261 e. The number of hydrogen-bond acceptors (Lipinski definition) is 2. The quantitative estimate of drug-likeness (QED) is 0.930. The van der Waals surface area contributed by atoms with Crippen LogP contribution in [0.15, 0.2) is 42.5 Å². The molecule has 0 heterocycles. The topological polar surface area (TPSA) is 38.3 Å². The highest BCUT2D eigenvalue weighted by Gasteiger charge is 2.40. The summed E-state index contributed by atoms with van der Waals surface area (Å²) in [7, 11) is 0. The molecule has 1 N–H and O–H groups in total. The van der Waals surface area contributed by atoms with Gasteiger partial charge in [-0.25, -0.2) is 0 Å². The molecule has 0 saturated heterocycles. The molecule has 4 rings (SSSR count). The van der Waals surface area contributed by atoms with Gasteiger partial charge in [-0.15, -0.1) is 0 Å². The van der Waals surface area contributed by atoms with E-state index < -0.39 is 6.10 Å². The molecular weight excluding hydrogens is 286 g/mol. The van der Waals surface area contributed by atoms with E-state index >= 15 is 0 Å². The lowest BCUT2D eigenvalue weighted by Crippen LogP contribution is -2.44. The van der Waals surface area contributed by atoms with Crippen LogP contribution in [-0.4, -0.2) is 18.1 Å². The van der Waals surface area contributed by atoms with Crippen molar-refractivity contribution in [2.45, 2.75) is 44.8 Å². The first-order valence-electron chi connectivity index (χ1n) is 8.65. The molecule has 4 atom stereocenters. The molecule has 2 bridgehead atoms. The molecule has 2 aliphatic rings. The average molecular weight is 309 g/mol. The molecule has 3 heteroatoms. The van der Waals surface area contributed by atoms with Crippen molar-refractivity contribution in [1.82, 2.24) is 5.32 Å². The zero-order chi connectivity index (χ0) is 15.8. The van der Waals surface area contributed by atoms with Crippen LogP contribution in [-0.2, 0) is 4.79 Å². The van der Waals surface area contributed by atoms with Gasteiger partial charge in [0.05, 0.1) is 0 Å². The van der Waals surface area contributed by atoms with Gasteiger partial charge in [0.2, 0.25) is 0 Å². The second-order valence-corrected chi connectivity index (χ2v) is 7.03. The van der Waals surface area contributed by atoms with Crippen LogP contribution >= 0.6 is 0 Å². The lowest BCUT2D eigenvalue weighted by Gasteiger charge is -2.25. The van der Waals surface area contributed by atoms with Gasteiger partial charge in [-0.2, -0.15) is 0 Å². The summed E-state index contributed by atoms with van der Waals surface area (Å²) in [6.07, 6.45) is 4.59. The van der Waals surface area contributed by atoms with Crippen LogP contribution in [0.2, 0.25) is 0 Å². The molecular formula is C20H23NO2. The lowest BCUT2D eigenvalue weighted by atomic mass is 9.95. The monoisotopic (exact) mass is 309 g/mol. The fourth-order valence-corrected chi connectivity index (χ4v) is 4.26. The molecule has 0 aliphatic heterocycles. The summed E-state index contributed by atoms with van der Waals surface area (Å²) in [4.78, 5) is 12.5. The molecule has 120 valence electrons. The van der Waals surface area contributed by atoms with Gasteiger partial charge in [0.25, 0.3) is 5.91 Å². The molecule has 2 aromatic rings. The highest BCUT2D eigenvalue weighted by molar-refractivity contribution is 5.89. The minimum absolute atomic E-state index is 0.00971. The van der Waals surface area contributed by atoms with E-state index in [1.54, 1.807) is 0 Å². The Morgan fingerprint density at radius 2 is 1.96 bits per heavy atom. The third kappa shape index (κ3) is 2.80. The second-order valence-electron chi connectivity index (χ2n) is 7.03. The maximum Gasteiger partial charge on any atom is 0.261 e. The van der Waals surface area contributed by atoms with Crippen LogP contribution in [0, 0.1) is 11.8 Å². The Hall–Kier alpha value is -2.03. The second kappa shape index (κ2) is 5.88. The summed E-state index contributed by atoms with van der Waals surface area (Å²) in [5.74, 6) is 2.31. The van der Waals surface area contributed by atoms with E-state index in [4.69, 9.17) is 4.74 Å². The first-order valence-corrected chi connectivity index (χ1v) is 8.65. The number of carbonyl (C=O) groups excluding carboxylic acids is 1. The number of ether oxygens (including phenoxy) is 1. The first-order chi connectivity index (χ1) is 11.2. The SMILES string of the molecule is C[C@H](Oc1cccc2ccccc12)C(=O)N[C@H]1C[C@@H]2CC[C@@H]1C2. The zero-order valence-corrected chi connectivity index (χ0v) is 13.5. The fourth-order valence-electron chi connectivity index (χ4n) is 4.26. The Kier molecular flexibility index (Phi) is 3.72. The van der Waals surface area contributed by atoms with E-state index in [0.29, 0.717) is 12.0 Å². The van der Waals surface area contributed by atoms with Gasteiger partial charge in [0.15, 0.2) is 6.10 Å². The van der Waals surface area contributed by atoms with Crippen molar-refractivity contribution in [1.29, 1.82) is 0 Å². The third-order valence-corrected chi connectivity index (χ3v) is 5.49. The zero-order valence-electron chi connectivity index (χ0n) is 13.5. The van der Waals surface area contributed by atoms with Crippen LogP contribution in [0.5, 0.6) is 5.75 Å². The highest BCUT2D eigenvalue weighted by Crippen LogP contribution is 2.44. The molecule has 2 saturated carbocycles. The summed E-state index contributed by atoms with van der Waals surface area (Å²) in [5, 5.41) is 5.40. The average Bonchev–Trinajstić information content (AvgIpc) is 3.18. The number of carbonyl (C=O) groups is 1. The molecule has 2 aliphatic carbocycles. The van der Waals surface area contributed by atoms with Gasteiger partial charge < -0.3 is 10.1 Å². The van der Waals surface area contributed by atoms with E-state index in [9.17, 15) is 4.79 Å². The summed E-state index contributed by atoms with van der Waals surface area (Å²) >= 11 is 0. The first kappa shape index (κ1) is 14.6.